The highest BCUT2D eigenvalue weighted by Crippen LogP contribution is 2.39. The molecule has 2 aromatic rings. The van der Waals surface area contributed by atoms with Crippen molar-refractivity contribution in [1.82, 2.24) is 0 Å². The molecule has 1 heterocycles. The number of esters is 1. The molecule has 2 aromatic carbocycles. The van der Waals surface area contributed by atoms with Gasteiger partial charge in [-0.2, -0.15) is 8.78 Å². The molecule has 0 saturated carbocycles. The van der Waals surface area contributed by atoms with Crippen LogP contribution < -0.4 is 14.2 Å². The van der Waals surface area contributed by atoms with Crippen molar-refractivity contribution in [2.45, 2.75) is 25.9 Å². The Labute approximate surface area is 146 Å². The summed E-state index contributed by atoms with van der Waals surface area (Å²) < 4.78 is 39.8. The van der Waals surface area contributed by atoms with Gasteiger partial charge in [-0.15, -0.1) is 0 Å². The van der Waals surface area contributed by atoms with Gasteiger partial charge in [0.1, 0.15) is 17.2 Å². The largest absolute Gasteiger partial charge is 0.457 e. The second-order valence-electron chi connectivity index (χ2n) is 5.65. The monoisotopic (exact) mass is 365 g/mol. The third kappa shape index (κ3) is 3.71. The van der Waals surface area contributed by atoms with Crippen molar-refractivity contribution in [2.24, 2.45) is 0 Å². The number of hydrogen-bond donors (Lipinski definition) is 0. The lowest BCUT2D eigenvalue weighted by Gasteiger charge is -2.21. The number of carbonyl (C=O) groups is 1. The van der Waals surface area contributed by atoms with E-state index in [9.17, 15) is 23.7 Å². The molecule has 1 aliphatic heterocycles. The van der Waals surface area contributed by atoms with Gasteiger partial charge in [0.25, 0.3) is 0 Å². The summed E-state index contributed by atoms with van der Waals surface area (Å²) in [6.07, 6.45) is 0.282. The predicted octanol–water partition coefficient (Wildman–Crippen LogP) is 4.40. The summed E-state index contributed by atoms with van der Waals surface area (Å²) in [5.74, 6) is -0.266. The van der Waals surface area contributed by atoms with Crippen LogP contribution in [0.5, 0.6) is 23.0 Å². The summed E-state index contributed by atoms with van der Waals surface area (Å²) in [5, 5.41) is 10.9. The minimum absolute atomic E-state index is 0.00530. The van der Waals surface area contributed by atoms with Crippen molar-refractivity contribution in [2.75, 3.05) is 0 Å². The van der Waals surface area contributed by atoms with Crippen LogP contribution in [0.25, 0.3) is 0 Å². The highest BCUT2D eigenvalue weighted by atomic mass is 19.3. The van der Waals surface area contributed by atoms with Crippen LogP contribution in [0.3, 0.4) is 0 Å². The predicted molar refractivity (Wildman–Crippen MR) is 84.9 cm³/mol. The molecule has 1 aliphatic rings. The first kappa shape index (κ1) is 17.6. The van der Waals surface area contributed by atoms with Gasteiger partial charge < -0.3 is 14.2 Å². The van der Waals surface area contributed by atoms with E-state index < -0.39 is 23.0 Å². The average molecular weight is 365 g/mol. The molecule has 3 rings (SSSR count). The van der Waals surface area contributed by atoms with Crippen LogP contribution >= 0.6 is 0 Å². The number of carbonyl (C=O) groups excluding carboxylic acids is 1. The summed E-state index contributed by atoms with van der Waals surface area (Å²) in [4.78, 5) is 21.6. The number of nitro groups is 1. The molecule has 136 valence electrons. The Morgan fingerprint density at radius 1 is 1.23 bits per heavy atom. The standard InChI is InChI=1S/C17H13F2NO6/c1-9-6-16(21)25-14-7-10(2-4-12(9)14)24-11-3-5-13(20(22)23)15(8-11)26-17(18)19/h2-5,7-9,17H,6H2,1H3. The molecule has 1 unspecified atom stereocenters. The first-order valence-electron chi connectivity index (χ1n) is 7.59. The Balaban J connectivity index is 1.88. The van der Waals surface area contributed by atoms with Gasteiger partial charge in [-0.3, -0.25) is 14.9 Å². The van der Waals surface area contributed by atoms with E-state index in [1.54, 1.807) is 12.1 Å². The highest BCUT2D eigenvalue weighted by Gasteiger charge is 2.24. The van der Waals surface area contributed by atoms with Crippen LogP contribution in [-0.2, 0) is 4.79 Å². The number of benzene rings is 2. The van der Waals surface area contributed by atoms with Crippen LogP contribution in [-0.4, -0.2) is 17.5 Å². The molecule has 0 fully saturated rings. The summed E-state index contributed by atoms with van der Waals surface area (Å²) in [6.45, 7) is -1.32. The first-order chi connectivity index (χ1) is 12.3. The summed E-state index contributed by atoms with van der Waals surface area (Å²) in [5.41, 5.74) is 0.244. The molecule has 0 aromatic heterocycles. The van der Waals surface area contributed by atoms with Crippen LogP contribution in [0, 0.1) is 10.1 Å². The van der Waals surface area contributed by atoms with E-state index in [-0.39, 0.29) is 29.8 Å². The number of hydrogen-bond acceptors (Lipinski definition) is 6. The van der Waals surface area contributed by atoms with Crippen molar-refractivity contribution in [3.8, 4) is 23.0 Å². The van der Waals surface area contributed by atoms with E-state index in [0.29, 0.717) is 5.75 Å². The molecule has 0 amide bonds. The van der Waals surface area contributed by atoms with Crippen molar-refractivity contribution in [3.63, 3.8) is 0 Å². The van der Waals surface area contributed by atoms with Gasteiger partial charge in [0.2, 0.25) is 5.75 Å². The molecule has 0 spiro atoms. The smallest absolute Gasteiger partial charge is 0.387 e. The maximum atomic E-state index is 12.5. The quantitative estimate of drug-likeness (QED) is 0.338. The second kappa shape index (κ2) is 6.95. The normalized spacial score (nSPS) is 16.0. The zero-order chi connectivity index (χ0) is 18.8. The minimum Gasteiger partial charge on any atom is -0.457 e. The van der Waals surface area contributed by atoms with E-state index in [0.717, 1.165) is 17.7 Å². The lowest BCUT2D eigenvalue weighted by molar-refractivity contribution is -0.386. The van der Waals surface area contributed by atoms with Crippen LogP contribution in [0.4, 0.5) is 14.5 Å². The van der Waals surface area contributed by atoms with Gasteiger partial charge in [-0.05, 0) is 23.6 Å². The average Bonchev–Trinajstić information content (AvgIpc) is 2.53. The minimum atomic E-state index is -3.21. The highest BCUT2D eigenvalue weighted by molar-refractivity contribution is 5.76. The Kier molecular flexibility index (Phi) is 4.70. The number of rotatable bonds is 5. The van der Waals surface area contributed by atoms with Gasteiger partial charge in [0, 0.05) is 18.2 Å². The maximum Gasteiger partial charge on any atom is 0.387 e. The molecule has 0 aliphatic carbocycles. The topological polar surface area (TPSA) is 87.9 Å². The Bertz CT molecular complexity index is 870. The third-order valence-electron chi connectivity index (χ3n) is 3.79. The molecular formula is C17H13F2NO6. The molecule has 0 radical (unpaired) electrons. The van der Waals surface area contributed by atoms with E-state index in [1.807, 2.05) is 6.92 Å². The Morgan fingerprint density at radius 3 is 2.62 bits per heavy atom. The fourth-order valence-electron chi connectivity index (χ4n) is 2.63. The van der Waals surface area contributed by atoms with E-state index in [2.05, 4.69) is 4.74 Å². The number of fused-ring (bicyclic) bond motifs is 1. The molecular weight excluding hydrogens is 352 g/mol. The van der Waals surface area contributed by atoms with Crippen LogP contribution in [0.2, 0.25) is 0 Å². The summed E-state index contributed by atoms with van der Waals surface area (Å²) in [6, 6.07) is 8.13. The van der Waals surface area contributed by atoms with Gasteiger partial charge in [-0.1, -0.05) is 13.0 Å². The van der Waals surface area contributed by atoms with E-state index >= 15 is 0 Å². The Hall–Kier alpha value is -3.23. The summed E-state index contributed by atoms with van der Waals surface area (Å²) >= 11 is 0. The summed E-state index contributed by atoms with van der Waals surface area (Å²) in [7, 11) is 0. The maximum absolute atomic E-state index is 12.5. The fraction of sp³-hybridized carbons (Fsp3) is 0.235. The SMILES string of the molecule is CC1CC(=O)Oc2cc(Oc3ccc([N+](=O)[O-])c(OC(F)F)c3)ccc21. The lowest BCUT2D eigenvalue weighted by Crippen LogP contribution is -2.18. The Morgan fingerprint density at radius 2 is 1.92 bits per heavy atom. The van der Waals surface area contributed by atoms with Gasteiger partial charge in [-0.25, -0.2) is 0 Å². The van der Waals surface area contributed by atoms with Crippen molar-refractivity contribution in [1.29, 1.82) is 0 Å². The molecule has 0 bridgehead atoms. The van der Waals surface area contributed by atoms with Gasteiger partial charge in [0.15, 0.2) is 0 Å². The van der Waals surface area contributed by atoms with Gasteiger partial charge >= 0.3 is 18.3 Å². The number of halogens is 2. The number of nitrogens with zero attached hydrogens (tertiary/aromatic N) is 1. The van der Waals surface area contributed by atoms with E-state index in [1.165, 1.54) is 12.1 Å². The number of nitro benzene ring substituents is 1. The van der Waals surface area contributed by atoms with E-state index in [4.69, 9.17) is 9.47 Å². The van der Waals surface area contributed by atoms with Crippen LogP contribution in [0.1, 0.15) is 24.8 Å². The van der Waals surface area contributed by atoms with Gasteiger partial charge in [0.05, 0.1) is 11.3 Å². The number of alkyl halides is 2. The molecule has 0 saturated heterocycles. The zero-order valence-corrected chi connectivity index (χ0v) is 13.5. The molecule has 0 N–H and O–H groups in total. The zero-order valence-electron chi connectivity index (χ0n) is 13.5. The van der Waals surface area contributed by atoms with Crippen molar-refractivity contribution in [3.05, 3.63) is 52.1 Å². The van der Waals surface area contributed by atoms with Crippen molar-refractivity contribution < 1.29 is 32.7 Å². The molecule has 7 nitrogen and oxygen atoms in total. The lowest BCUT2D eigenvalue weighted by atomic mass is 9.95. The first-order valence-corrected chi connectivity index (χ1v) is 7.59. The second-order valence-corrected chi connectivity index (χ2v) is 5.65. The number of ether oxygens (including phenoxy) is 3. The van der Waals surface area contributed by atoms with Crippen molar-refractivity contribution >= 4 is 11.7 Å². The molecule has 26 heavy (non-hydrogen) atoms. The molecule has 9 heteroatoms. The van der Waals surface area contributed by atoms with Crippen LogP contribution in [0.15, 0.2) is 36.4 Å². The third-order valence-corrected chi connectivity index (χ3v) is 3.79. The molecule has 1 atom stereocenters. The fourth-order valence-corrected chi connectivity index (χ4v) is 2.63.